The van der Waals surface area contributed by atoms with Gasteiger partial charge in [-0.25, -0.2) is 8.42 Å². The largest absolute Gasteiger partial charge is 0.349 e. The van der Waals surface area contributed by atoms with Crippen LogP contribution < -0.4 is 10.0 Å². The van der Waals surface area contributed by atoms with Crippen LogP contribution in [0.2, 0.25) is 0 Å². The van der Waals surface area contributed by atoms with Crippen LogP contribution in [0.1, 0.15) is 43.0 Å². The molecule has 1 aliphatic rings. The molecule has 1 aromatic carbocycles. The van der Waals surface area contributed by atoms with Gasteiger partial charge in [0.05, 0.1) is 17.5 Å². The van der Waals surface area contributed by atoms with Crippen molar-refractivity contribution >= 4 is 21.6 Å². The number of carbonyl (C=O) groups is 1. The SMILES string of the molecule is CC1CCCCC1NC(=O)c1ccccc1NS(C)(=O)=O. The molecule has 2 rings (SSSR count). The van der Waals surface area contributed by atoms with E-state index in [2.05, 4.69) is 17.0 Å². The molecule has 6 heteroatoms. The number of sulfonamides is 1. The molecule has 1 aromatic rings. The van der Waals surface area contributed by atoms with Crippen LogP contribution in [0.3, 0.4) is 0 Å². The maximum atomic E-state index is 12.4. The van der Waals surface area contributed by atoms with Crippen LogP contribution in [0.5, 0.6) is 0 Å². The van der Waals surface area contributed by atoms with E-state index in [9.17, 15) is 13.2 Å². The molecule has 1 amide bonds. The normalized spacial score (nSPS) is 22.6. The Morgan fingerprint density at radius 3 is 2.52 bits per heavy atom. The van der Waals surface area contributed by atoms with E-state index in [0.29, 0.717) is 17.2 Å². The molecule has 1 saturated carbocycles. The van der Waals surface area contributed by atoms with E-state index in [1.165, 1.54) is 6.42 Å². The van der Waals surface area contributed by atoms with Gasteiger partial charge in [0.2, 0.25) is 10.0 Å². The standard InChI is InChI=1S/C15H22N2O3S/c1-11-7-3-5-9-13(11)16-15(18)12-8-4-6-10-14(12)17-21(2,19)20/h4,6,8,10-11,13,17H,3,5,7,9H2,1-2H3,(H,16,18). The van der Waals surface area contributed by atoms with Gasteiger partial charge in [-0.1, -0.05) is 31.9 Å². The van der Waals surface area contributed by atoms with Crippen molar-refractivity contribution < 1.29 is 13.2 Å². The number of rotatable bonds is 4. The fourth-order valence-electron chi connectivity index (χ4n) is 2.75. The Morgan fingerprint density at radius 1 is 1.19 bits per heavy atom. The summed E-state index contributed by atoms with van der Waals surface area (Å²) in [4.78, 5) is 12.4. The third-order valence-electron chi connectivity index (χ3n) is 3.90. The Morgan fingerprint density at radius 2 is 1.86 bits per heavy atom. The molecule has 0 spiro atoms. The molecule has 1 aliphatic carbocycles. The summed E-state index contributed by atoms with van der Waals surface area (Å²) in [6.45, 7) is 2.14. The van der Waals surface area contributed by atoms with Gasteiger partial charge in [0.1, 0.15) is 0 Å². The van der Waals surface area contributed by atoms with Crippen molar-refractivity contribution in [2.24, 2.45) is 5.92 Å². The highest BCUT2D eigenvalue weighted by Gasteiger charge is 2.24. The van der Waals surface area contributed by atoms with Crippen LogP contribution in [-0.2, 0) is 10.0 Å². The Balaban J connectivity index is 2.15. The molecule has 0 aliphatic heterocycles. The molecule has 0 bridgehead atoms. The quantitative estimate of drug-likeness (QED) is 0.896. The van der Waals surface area contributed by atoms with Gasteiger partial charge in [0, 0.05) is 6.04 Å². The monoisotopic (exact) mass is 310 g/mol. The van der Waals surface area contributed by atoms with E-state index < -0.39 is 10.0 Å². The predicted molar refractivity (Wildman–Crippen MR) is 83.8 cm³/mol. The molecule has 0 aromatic heterocycles. The van der Waals surface area contributed by atoms with Crippen molar-refractivity contribution in [3.63, 3.8) is 0 Å². The molecular weight excluding hydrogens is 288 g/mol. The number of para-hydroxylation sites is 1. The number of benzene rings is 1. The highest BCUT2D eigenvalue weighted by molar-refractivity contribution is 7.92. The average Bonchev–Trinajstić information content (AvgIpc) is 2.40. The number of hydrogen-bond acceptors (Lipinski definition) is 3. The van der Waals surface area contributed by atoms with Crippen LogP contribution >= 0.6 is 0 Å². The first-order valence-electron chi connectivity index (χ1n) is 7.24. The summed E-state index contributed by atoms with van der Waals surface area (Å²) in [6, 6.07) is 6.83. The van der Waals surface area contributed by atoms with Gasteiger partial charge >= 0.3 is 0 Å². The summed E-state index contributed by atoms with van der Waals surface area (Å²) >= 11 is 0. The molecule has 0 heterocycles. The Bertz CT molecular complexity index is 613. The molecule has 5 nitrogen and oxygen atoms in total. The molecule has 2 unspecified atom stereocenters. The summed E-state index contributed by atoms with van der Waals surface area (Å²) < 4.78 is 25.1. The Hall–Kier alpha value is -1.56. The van der Waals surface area contributed by atoms with Gasteiger partial charge in [-0.15, -0.1) is 0 Å². The maximum Gasteiger partial charge on any atom is 0.253 e. The zero-order valence-corrected chi connectivity index (χ0v) is 13.2. The van der Waals surface area contributed by atoms with Gasteiger partial charge in [0.25, 0.3) is 5.91 Å². The molecular formula is C15H22N2O3S. The second-order valence-corrected chi connectivity index (χ2v) is 7.51. The fraction of sp³-hybridized carbons (Fsp3) is 0.533. The van der Waals surface area contributed by atoms with Crippen LogP contribution in [0.4, 0.5) is 5.69 Å². The zero-order chi connectivity index (χ0) is 15.5. The summed E-state index contributed by atoms with van der Waals surface area (Å²) in [7, 11) is -3.41. The van der Waals surface area contributed by atoms with Gasteiger partial charge < -0.3 is 5.32 Å². The lowest BCUT2D eigenvalue weighted by molar-refractivity contribution is 0.0911. The first-order chi connectivity index (χ1) is 9.87. The summed E-state index contributed by atoms with van der Waals surface area (Å²) in [5.74, 6) is 0.234. The van der Waals surface area contributed by atoms with Gasteiger partial charge in [-0.05, 0) is 30.9 Å². The molecule has 0 saturated heterocycles. The average molecular weight is 310 g/mol. The molecule has 1 fully saturated rings. The molecule has 21 heavy (non-hydrogen) atoms. The highest BCUT2D eigenvalue weighted by atomic mass is 32.2. The van der Waals surface area contributed by atoms with Crippen molar-refractivity contribution in [1.29, 1.82) is 0 Å². The molecule has 0 radical (unpaired) electrons. The number of nitrogens with one attached hydrogen (secondary N) is 2. The highest BCUT2D eigenvalue weighted by Crippen LogP contribution is 2.24. The molecule has 2 N–H and O–H groups in total. The van der Waals surface area contributed by atoms with Crippen LogP contribution in [0, 0.1) is 5.92 Å². The van der Waals surface area contributed by atoms with Gasteiger partial charge in [0.15, 0.2) is 0 Å². The van der Waals surface area contributed by atoms with Crippen molar-refractivity contribution in [3.8, 4) is 0 Å². The lowest BCUT2D eigenvalue weighted by Crippen LogP contribution is -2.41. The van der Waals surface area contributed by atoms with E-state index in [1.807, 2.05) is 0 Å². The molecule has 116 valence electrons. The number of anilines is 1. The van der Waals surface area contributed by atoms with E-state index in [1.54, 1.807) is 24.3 Å². The summed E-state index contributed by atoms with van der Waals surface area (Å²) in [6.07, 6.45) is 5.51. The van der Waals surface area contributed by atoms with Crippen molar-refractivity contribution in [1.82, 2.24) is 5.32 Å². The van der Waals surface area contributed by atoms with Crippen molar-refractivity contribution in [2.45, 2.75) is 38.6 Å². The van der Waals surface area contributed by atoms with E-state index in [0.717, 1.165) is 25.5 Å². The minimum atomic E-state index is -3.41. The van der Waals surface area contributed by atoms with E-state index in [-0.39, 0.29) is 11.9 Å². The number of hydrogen-bond donors (Lipinski definition) is 2. The Labute approximate surface area is 126 Å². The second-order valence-electron chi connectivity index (χ2n) is 5.76. The fourth-order valence-corrected chi connectivity index (χ4v) is 3.32. The number of amides is 1. The first-order valence-corrected chi connectivity index (χ1v) is 9.13. The topological polar surface area (TPSA) is 75.3 Å². The minimum Gasteiger partial charge on any atom is -0.349 e. The predicted octanol–water partition coefficient (Wildman–Crippen LogP) is 2.37. The summed E-state index contributed by atoms with van der Waals surface area (Å²) in [5.41, 5.74) is 0.682. The lowest BCUT2D eigenvalue weighted by atomic mass is 9.86. The van der Waals surface area contributed by atoms with Crippen molar-refractivity contribution in [2.75, 3.05) is 11.0 Å². The number of carbonyl (C=O) groups excluding carboxylic acids is 1. The second kappa shape index (κ2) is 6.47. The minimum absolute atomic E-state index is 0.164. The third-order valence-corrected chi connectivity index (χ3v) is 4.49. The first kappa shape index (κ1) is 15.8. The zero-order valence-electron chi connectivity index (χ0n) is 12.4. The van der Waals surface area contributed by atoms with E-state index in [4.69, 9.17) is 0 Å². The smallest absolute Gasteiger partial charge is 0.253 e. The van der Waals surface area contributed by atoms with Crippen LogP contribution in [0.15, 0.2) is 24.3 Å². The van der Waals surface area contributed by atoms with Gasteiger partial charge in [-0.2, -0.15) is 0 Å². The van der Waals surface area contributed by atoms with Gasteiger partial charge in [-0.3, -0.25) is 9.52 Å². The maximum absolute atomic E-state index is 12.4. The van der Waals surface area contributed by atoms with Crippen LogP contribution in [0.25, 0.3) is 0 Å². The van der Waals surface area contributed by atoms with E-state index >= 15 is 0 Å². The van der Waals surface area contributed by atoms with Crippen LogP contribution in [-0.4, -0.2) is 26.6 Å². The Kier molecular flexibility index (Phi) is 4.88. The third kappa shape index (κ3) is 4.46. The summed E-state index contributed by atoms with van der Waals surface area (Å²) in [5, 5.41) is 3.04. The lowest BCUT2D eigenvalue weighted by Gasteiger charge is -2.29. The van der Waals surface area contributed by atoms with Crippen molar-refractivity contribution in [3.05, 3.63) is 29.8 Å². The molecule has 2 atom stereocenters.